The first-order valence-electron chi connectivity index (χ1n) is 20.2. The third-order valence-corrected chi connectivity index (χ3v) is 12.0. The summed E-state index contributed by atoms with van der Waals surface area (Å²) in [5.74, 6) is 3.16. The van der Waals surface area contributed by atoms with E-state index in [0.717, 1.165) is 80.9 Å². The molecular weight excluding hydrogens is 686 g/mol. The van der Waals surface area contributed by atoms with E-state index in [2.05, 4.69) is 137 Å². The van der Waals surface area contributed by atoms with Crippen LogP contribution in [-0.4, -0.2) is 66.5 Å². The zero-order valence-electron chi connectivity index (χ0n) is 32.3. The molecule has 1 saturated heterocycles. The van der Waals surface area contributed by atoms with Gasteiger partial charge in [0, 0.05) is 50.2 Å². The Bertz CT molecular complexity index is 1820. The van der Waals surface area contributed by atoms with Crippen molar-refractivity contribution in [3.8, 4) is 0 Å². The van der Waals surface area contributed by atoms with Gasteiger partial charge in [0.2, 0.25) is 5.89 Å². The standard InChI is InChI=1S/C47H58ClN5O/c1-51(2)46(41-22-24-42(48)25-23-41)40-20-18-38(19-21-40)33-44(53-30-28-52(29-31-53)35-39-16-10-5-11-17-39)47-50-43(32-37-14-8-4-9-15-37)45(54-47)34-49-27-26-36-12-6-3-7-13-36/h3-17,22-25,38,40,44,46,49H,18-21,26-35H2,1-2H3. The highest BCUT2D eigenvalue weighted by Crippen LogP contribution is 2.43. The molecule has 54 heavy (non-hydrogen) atoms. The average molecular weight is 744 g/mol. The van der Waals surface area contributed by atoms with E-state index in [1.807, 2.05) is 12.1 Å². The van der Waals surface area contributed by atoms with Crippen molar-refractivity contribution in [2.24, 2.45) is 11.8 Å². The van der Waals surface area contributed by atoms with E-state index in [9.17, 15) is 0 Å². The van der Waals surface area contributed by atoms with Gasteiger partial charge in [0.15, 0.2) is 0 Å². The maximum Gasteiger partial charge on any atom is 0.212 e. The largest absolute Gasteiger partial charge is 0.442 e. The van der Waals surface area contributed by atoms with Crippen molar-refractivity contribution in [3.63, 3.8) is 0 Å². The minimum absolute atomic E-state index is 0.166. The predicted molar refractivity (Wildman–Crippen MR) is 222 cm³/mol. The van der Waals surface area contributed by atoms with E-state index in [0.29, 0.717) is 24.4 Å². The molecule has 2 fully saturated rings. The zero-order chi connectivity index (χ0) is 37.1. The molecule has 0 spiro atoms. The molecule has 7 heteroatoms. The number of halogens is 1. The smallest absolute Gasteiger partial charge is 0.212 e. The van der Waals surface area contributed by atoms with Crippen LogP contribution in [0, 0.1) is 11.8 Å². The third-order valence-electron chi connectivity index (χ3n) is 11.8. The Morgan fingerprint density at radius 2 is 1.37 bits per heavy atom. The van der Waals surface area contributed by atoms with Crippen LogP contribution in [0.15, 0.2) is 120 Å². The molecule has 0 bridgehead atoms. The van der Waals surface area contributed by atoms with Crippen LogP contribution < -0.4 is 5.32 Å². The number of nitrogens with zero attached hydrogens (tertiary/aromatic N) is 4. The van der Waals surface area contributed by atoms with E-state index in [1.165, 1.54) is 47.9 Å². The second kappa shape index (κ2) is 19.2. The molecule has 1 aliphatic carbocycles. The molecule has 0 amide bonds. The second-order valence-corrected chi connectivity index (χ2v) is 16.2. The van der Waals surface area contributed by atoms with Crippen LogP contribution in [-0.2, 0) is 25.9 Å². The zero-order valence-corrected chi connectivity index (χ0v) is 33.0. The average Bonchev–Trinajstić information content (AvgIpc) is 3.60. The molecular formula is C47H58ClN5O. The summed E-state index contributed by atoms with van der Waals surface area (Å²) in [6.07, 6.45) is 7.78. The van der Waals surface area contributed by atoms with Gasteiger partial charge in [-0.1, -0.05) is 128 Å². The van der Waals surface area contributed by atoms with Gasteiger partial charge in [-0.2, -0.15) is 0 Å². The lowest BCUT2D eigenvalue weighted by Gasteiger charge is -2.41. The summed E-state index contributed by atoms with van der Waals surface area (Å²) >= 11 is 6.28. The second-order valence-electron chi connectivity index (χ2n) is 15.8. The molecule has 2 unspecified atom stereocenters. The molecule has 2 atom stereocenters. The van der Waals surface area contributed by atoms with E-state index in [4.69, 9.17) is 21.0 Å². The number of benzene rings is 4. The summed E-state index contributed by atoms with van der Waals surface area (Å²) in [6, 6.07) is 41.4. The van der Waals surface area contributed by atoms with Gasteiger partial charge in [-0.15, -0.1) is 0 Å². The van der Waals surface area contributed by atoms with Crippen molar-refractivity contribution in [2.75, 3.05) is 46.8 Å². The summed E-state index contributed by atoms with van der Waals surface area (Å²) in [5.41, 5.74) is 6.44. The lowest BCUT2D eigenvalue weighted by molar-refractivity contribution is 0.0586. The van der Waals surface area contributed by atoms with Crippen molar-refractivity contribution in [1.82, 2.24) is 25.0 Å². The van der Waals surface area contributed by atoms with Crippen molar-refractivity contribution >= 4 is 11.6 Å². The number of aromatic nitrogens is 1. The van der Waals surface area contributed by atoms with Crippen LogP contribution >= 0.6 is 11.6 Å². The molecule has 2 heterocycles. The van der Waals surface area contributed by atoms with Gasteiger partial charge in [-0.25, -0.2) is 4.98 Å². The van der Waals surface area contributed by atoms with Crippen molar-refractivity contribution < 1.29 is 4.42 Å². The first-order valence-corrected chi connectivity index (χ1v) is 20.6. The summed E-state index contributed by atoms with van der Waals surface area (Å²) in [6.45, 7) is 6.72. The van der Waals surface area contributed by atoms with Crippen LogP contribution in [0.1, 0.15) is 83.8 Å². The molecule has 1 aliphatic heterocycles. The SMILES string of the molecule is CN(C)C(c1ccc(Cl)cc1)C1CCC(CC(c2nc(Cc3ccccc3)c(CNCCc3ccccc3)o2)N2CCN(Cc3ccccc3)CC2)CC1. The van der Waals surface area contributed by atoms with Gasteiger partial charge in [0.25, 0.3) is 0 Å². The number of nitrogens with one attached hydrogen (secondary N) is 1. The van der Waals surface area contributed by atoms with Gasteiger partial charge in [-0.05, 0) is 92.5 Å². The summed E-state index contributed by atoms with van der Waals surface area (Å²) in [5, 5.41) is 4.50. The molecule has 1 N–H and O–H groups in total. The van der Waals surface area contributed by atoms with Crippen molar-refractivity contribution in [1.29, 1.82) is 0 Å². The van der Waals surface area contributed by atoms with Gasteiger partial charge < -0.3 is 14.6 Å². The van der Waals surface area contributed by atoms with Crippen LogP contribution in [0.25, 0.3) is 0 Å². The Morgan fingerprint density at radius 3 is 2.00 bits per heavy atom. The molecule has 1 aromatic heterocycles. The highest BCUT2D eigenvalue weighted by molar-refractivity contribution is 6.30. The molecule has 284 valence electrons. The Labute approximate surface area is 328 Å². The van der Waals surface area contributed by atoms with Gasteiger partial charge in [-0.3, -0.25) is 9.80 Å². The number of piperazine rings is 1. The monoisotopic (exact) mass is 743 g/mol. The van der Waals surface area contributed by atoms with Crippen LogP contribution in [0.5, 0.6) is 0 Å². The molecule has 2 aliphatic rings. The van der Waals surface area contributed by atoms with E-state index in [-0.39, 0.29) is 6.04 Å². The van der Waals surface area contributed by atoms with E-state index in [1.54, 1.807) is 0 Å². The molecule has 6 nitrogen and oxygen atoms in total. The molecule has 0 radical (unpaired) electrons. The summed E-state index contributed by atoms with van der Waals surface area (Å²) in [7, 11) is 4.45. The van der Waals surface area contributed by atoms with Crippen molar-refractivity contribution in [3.05, 3.63) is 160 Å². The maximum absolute atomic E-state index is 6.93. The molecule has 7 rings (SSSR count). The first-order chi connectivity index (χ1) is 26.5. The topological polar surface area (TPSA) is 47.8 Å². The third kappa shape index (κ3) is 10.5. The Morgan fingerprint density at radius 1 is 0.759 bits per heavy atom. The van der Waals surface area contributed by atoms with Crippen molar-refractivity contribution in [2.45, 2.75) is 70.1 Å². The number of hydrogen-bond donors (Lipinski definition) is 1. The minimum atomic E-state index is 0.166. The van der Waals surface area contributed by atoms with Crippen LogP contribution in [0.3, 0.4) is 0 Å². The van der Waals surface area contributed by atoms with Gasteiger partial charge in [0.1, 0.15) is 5.76 Å². The maximum atomic E-state index is 6.93. The van der Waals surface area contributed by atoms with Gasteiger partial charge in [0.05, 0.1) is 18.3 Å². The highest BCUT2D eigenvalue weighted by atomic mass is 35.5. The number of oxazole rings is 1. The summed E-state index contributed by atoms with van der Waals surface area (Å²) < 4.78 is 6.93. The Hall–Kier alpha value is -3.78. The minimum Gasteiger partial charge on any atom is -0.442 e. The highest BCUT2D eigenvalue weighted by Gasteiger charge is 2.35. The van der Waals surface area contributed by atoms with Crippen LogP contribution in [0.4, 0.5) is 0 Å². The first kappa shape index (κ1) is 38.5. The van der Waals surface area contributed by atoms with E-state index < -0.39 is 0 Å². The fourth-order valence-electron chi connectivity index (χ4n) is 8.88. The van der Waals surface area contributed by atoms with Gasteiger partial charge >= 0.3 is 0 Å². The lowest BCUT2D eigenvalue weighted by Crippen LogP contribution is -2.47. The fourth-order valence-corrected chi connectivity index (χ4v) is 9.00. The number of hydrogen-bond acceptors (Lipinski definition) is 6. The molecule has 1 saturated carbocycles. The summed E-state index contributed by atoms with van der Waals surface area (Å²) in [4.78, 5) is 13.1. The van der Waals surface area contributed by atoms with Crippen LogP contribution in [0.2, 0.25) is 5.02 Å². The molecule has 5 aromatic rings. The Balaban J connectivity index is 1.08. The normalized spacial score (nSPS) is 19.6. The quantitative estimate of drug-likeness (QED) is 0.102. The predicted octanol–water partition coefficient (Wildman–Crippen LogP) is 9.61. The molecule has 4 aromatic carbocycles. The number of rotatable bonds is 16. The Kier molecular flexibility index (Phi) is 13.7. The fraction of sp³-hybridized carbons (Fsp3) is 0.426. The van der Waals surface area contributed by atoms with E-state index >= 15 is 0 Å². The lowest BCUT2D eigenvalue weighted by atomic mass is 9.74.